The number of hydrogen-bond acceptors (Lipinski definition) is 3. The number of nitrogens with zero attached hydrogens (tertiary/aromatic N) is 2. The molecule has 18 heavy (non-hydrogen) atoms. The van der Waals surface area contributed by atoms with Crippen molar-refractivity contribution in [1.29, 1.82) is 0 Å². The lowest BCUT2D eigenvalue weighted by atomic mass is 9.88. The van der Waals surface area contributed by atoms with E-state index in [2.05, 4.69) is 0 Å². The predicted molar refractivity (Wildman–Crippen MR) is 69.8 cm³/mol. The summed E-state index contributed by atoms with van der Waals surface area (Å²) < 4.78 is 0. The van der Waals surface area contributed by atoms with Gasteiger partial charge in [-0.25, -0.2) is 4.79 Å². The van der Waals surface area contributed by atoms with Gasteiger partial charge in [-0.1, -0.05) is 27.2 Å². The van der Waals surface area contributed by atoms with E-state index in [1.807, 2.05) is 20.8 Å². The lowest BCUT2D eigenvalue weighted by molar-refractivity contribution is -0.134. The summed E-state index contributed by atoms with van der Waals surface area (Å²) in [4.78, 5) is 37.2. The second kappa shape index (κ2) is 7.13. The van der Waals surface area contributed by atoms with Crippen molar-refractivity contribution in [3.05, 3.63) is 0 Å². The maximum Gasteiger partial charge on any atom is 0.332 e. The summed E-state index contributed by atoms with van der Waals surface area (Å²) in [5, 5.41) is 0. The zero-order valence-electron chi connectivity index (χ0n) is 12.2. The van der Waals surface area contributed by atoms with Gasteiger partial charge in [-0.3, -0.25) is 19.4 Å². The van der Waals surface area contributed by atoms with Crippen LogP contribution in [0, 0.1) is 11.8 Å². The molecule has 0 spiro atoms. The highest BCUT2D eigenvalue weighted by Gasteiger charge is 2.30. The summed E-state index contributed by atoms with van der Waals surface area (Å²) in [5.41, 5.74) is 0. The lowest BCUT2D eigenvalue weighted by Crippen LogP contribution is -2.47. The molecule has 0 radical (unpaired) electrons. The van der Waals surface area contributed by atoms with E-state index in [1.54, 1.807) is 0 Å². The molecule has 0 aliphatic rings. The molecule has 0 rings (SSSR count). The molecule has 0 unspecified atom stereocenters. The minimum atomic E-state index is -0.575. The molecular formula is C13H24N2O3. The van der Waals surface area contributed by atoms with E-state index < -0.39 is 6.03 Å². The molecular weight excluding hydrogens is 232 g/mol. The summed E-state index contributed by atoms with van der Waals surface area (Å²) >= 11 is 0. The highest BCUT2D eigenvalue weighted by Crippen LogP contribution is 2.21. The van der Waals surface area contributed by atoms with Crippen LogP contribution in [0.2, 0.25) is 0 Å². The number of amides is 4. The Labute approximate surface area is 109 Å². The van der Waals surface area contributed by atoms with E-state index in [-0.39, 0.29) is 23.7 Å². The van der Waals surface area contributed by atoms with Crippen LogP contribution in [-0.2, 0) is 9.59 Å². The molecule has 0 aromatic carbocycles. The topological polar surface area (TPSA) is 57.7 Å². The van der Waals surface area contributed by atoms with Gasteiger partial charge in [0.1, 0.15) is 0 Å². The van der Waals surface area contributed by atoms with Gasteiger partial charge in [0.05, 0.1) is 0 Å². The molecule has 4 amide bonds. The molecule has 0 saturated heterocycles. The Morgan fingerprint density at radius 2 is 1.50 bits per heavy atom. The second-order valence-electron chi connectivity index (χ2n) is 4.66. The van der Waals surface area contributed by atoms with Gasteiger partial charge in [0, 0.05) is 26.9 Å². The third kappa shape index (κ3) is 3.82. The normalized spacial score (nSPS) is 13.7. The third-order valence-electron chi connectivity index (χ3n) is 3.46. The van der Waals surface area contributed by atoms with Crippen molar-refractivity contribution in [3.8, 4) is 0 Å². The zero-order valence-corrected chi connectivity index (χ0v) is 12.2. The third-order valence-corrected chi connectivity index (χ3v) is 3.46. The highest BCUT2D eigenvalue weighted by molar-refractivity contribution is 6.01. The first-order chi connectivity index (χ1) is 8.27. The fraction of sp³-hybridized carbons (Fsp3) is 0.769. The van der Waals surface area contributed by atoms with Crippen LogP contribution < -0.4 is 0 Å². The Kier molecular flexibility index (Phi) is 6.58. The summed E-state index contributed by atoms with van der Waals surface area (Å²) in [6.07, 6.45) is 1.57. The van der Waals surface area contributed by atoms with Gasteiger partial charge in [-0.15, -0.1) is 0 Å². The largest absolute Gasteiger partial charge is 0.332 e. The van der Waals surface area contributed by atoms with Gasteiger partial charge in [0.15, 0.2) is 0 Å². The molecule has 0 N–H and O–H groups in total. The fourth-order valence-corrected chi connectivity index (χ4v) is 1.81. The van der Waals surface area contributed by atoms with Crippen molar-refractivity contribution >= 4 is 17.8 Å². The minimum absolute atomic E-state index is 0.177. The van der Waals surface area contributed by atoms with E-state index in [1.165, 1.54) is 21.0 Å². The van der Waals surface area contributed by atoms with E-state index in [0.29, 0.717) is 6.42 Å². The molecule has 0 fully saturated rings. The van der Waals surface area contributed by atoms with Gasteiger partial charge in [0.2, 0.25) is 11.8 Å². The molecule has 0 aromatic heterocycles. The Morgan fingerprint density at radius 1 is 1.00 bits per heavy atom. The van der Waals surface area contributed by atoms with Crippen LogP contribution >= 0.6 is 0 Å². The van der Waals surface area contributed by atoms with Crippen molar-refractivity contribution < 1.29 is 14.4 Å². The van der Waals surface area contributed by atoms with Gasteiger partial charge >= 0.3 is 6.03 Å². The van der Waals surface area contributed by atoms with Crippen LogP contribution in [0.4, 0.5) is 4.79 Å². The summed E-state index contributed by atoms with van der Waals surface area (Å²) in [7, 11) is 2.80. The number of rotatable bonds is 4. The average Bonchev–Trinajstić information content (AvgIpc) is 2.36. The maximum absolute atomic E-state index is 12.2. The van der Waals surface area contributed by atoms with Crippen LogP contribution in [0.25, 0.3) is 0 Å². The van der Waals surface area contributed by atoms with E-state index in [9.17, 15) is 14.4 Å². The van der Waals surface area contributed by atoms with Crippen molar-refractivity contribution in [3.63, 3.8) is 0 Å². The minimum Gasteiger partial charge on any atom is -0.275 e. The monoisotopic (exact) mass is 256 g/mol. The fourth-order valence-electron chi connectivity index (χ4n) is 1.81. The number of urea groups is 1. The standard InChI is InChI=1S/C13H24N2O3/c1-7-9(3)11(8-2)12(17)15(6)13(18)14(5)10(4)16/h9,11H,7-8H2,1-6H3/t9-,11-/m1/s1. The number of hydrogen-bond donors (Lipinski definition) is 0. The molecule has 2 atom stereocenters. The molecule has 0 aliphatic carbocycles. The molecule has 0 aliphatic heterocycles. The number of carbonyl (C=O) groups excluding carboxylic acids is 3. The number of carbonyl (C=O) groups is 3. The summed E-state index contributed by atoms with van der Waals surface area (Å²) in [6, 6.07) is -0.575. The van der Waals surface area contributed by atoms with Gasteiger partial charge in [-0.2, -0.15) is 0 Å². The Hall–Kier alpha value is -1.39. The molecule has 104 valence electrons. The van der Waals surface area contributed by atoms with Crippen LogP contribution in [0.5, 0.6) is 0 Å². The average molecular weight is 256 g/mol. The molecule has 5 heteroatoms. The summed E-state index contributed by atoms with van der Waals surface area (Å²) in [6.45, 7) is 7.24. The summed E-state index contributed by atoms with van der Waals surface area (Å²) in [5.74, 6) is -0.550. The van der Waals surface area contributed by atoms with E-state index in [0.717, 1.165) is 16.2 Å². The second-order valence-corrected chi connectivity index (χ2v) is 4.66. The molecule has 0 heterocycles. The van der Waals surface area contributed by atoms with Crippen LogP contribution in [0.3, 0.4) is 0 Å². The Balaban J connectivity index is 4.87. The SMILES string of the molecule is CC[C@@H](C)[C@@H](CC)C(=O)N(C)C(=O)N(C)C(C)=O. The molecule has 5 nitrogen and oxygen atoms in total. The van der Waals surface area contributed by atoms with E-state index in [4.69, 9.17) is 0 Å². The Morgan fingerprint density at radius 3 is 1.83 bits per heavy atom. The lowest BCUT2D eigenvalue weighted by Gasteiger charge is -2.27. The highest BCUT2D eigenvalue weighted by atomic mass is 16.2. The van der Waals surface area contributed by atoms with Gasteiger partial charge in [-0.05, 0) is 12.3 Å². The van der Waals surface area contributed by atoms with Crippen LogP contribution in [0.1, 0.15) is 40.5 Å². The Bertz CT molecular complexity index is 328. The quantitative estimate of drug-likeness (QED) is 0.774. The van der Waals surface area contributed by atoms with Crippen LogP contribution in [-0.4, -0.2) is 41.7 Å². The van der Waals surface area contributed by atoms with Crippen molar-refractivity contribution in [2.45, 2.75) is 40.5 Å². The van der Waals surface area contributed by atoms with Crippen molar-refractivity contribution in [1.82, 2.24) is 9.80 Å². The first kappa shape index (κ1) is 16.6. The van der Waals surface area contributed by atoms with Crippen LogP contribution in [0.15, 0.2) is 0 Å². The zero-order chi connectivity index (χ0) is 14.5. The molecule has 0 bridgehead atoms. The maximum atomic E-state index is 12.2. The predicted octanol–water partition coefficient (Wildman–Crippen LogP) is 2.12. The molecule has 0 saturated carbocycles. The van der Waals surface area contributed by atoms with Crippen molar-refractivity contribution in [2.24, 2.45) is 11.8 Å². The van der Waals surface area contributed by atoms with Gasteiger partial charge < -0.3 is 0 Å². The smallest absolute Gasteiger partial charge is 0.275 e. The van der Waals surface area contributed by atoms with Gasteiger partial charge in [0.25, 0.3) is 0 Å². The first-order valence-corrected chi connectivity index (χ1v) is 6.33. The van der Waals surface area contributed by atoms with Crippen molar-refractivity contribution in [2.75, 3.05) is 14.1 Å². The molecule has 0 aromatic rings. The van der Waals surface area contributed by atoms with E-state index >= 15 is 0 Å². The number of imide groups is 2. The first-order valence-electron chi connectivity index (χ1n) is 6.33.